The van der Waals surface area contributed by atoms with E-state index in [-0.39, 0.29) is 30.5 Å². The van der Waals surface area contributed by atoms with Gasteiger partial charge in [-0.1, -0.05) is 24.3 Å². The minimum Gasteiger partial charge on any atom is -0.489 e. The summed E-state index contributed by atoms with van der Waals surface area (Å²) in [5, 5.41) is 5.50. The standard InChI is InChI=1S/C29H25F4N7O3/c30-20-5-6-25(35-13-20)38-7-9-39(10-8-38)28(42)19-11-21(14-34-12-19)43-17-24-22-4-2-1-3-18(22)16-40(24)23-15-36-37-27(41)26(23)29(31,32)33/h1-6,11-15,24H,7-10,16-17H2,(H,37,41). The van der Waals surface area contributed by atoms with Gasteiger partial charge in [-0.25, -0.2) is 14.5 Å². The quantitative estimate of drug-likeness (QED) is 0.336. The number of carbonyl (C=O) groups is 1. The third-order valence-corrected chi connectivity index (χ3v) is 7.53. The van der Waals surface area contributed by atoms with Crippen molar-refractivity contribution in [3.8, 4) is 5.75 Å². The molecule has 1 unspecified atom stereocenters. The number of amides is 1. The van der Waals surface area contributed by atoms with Crippen molar-refractivity contribution >= 4 is 17.4 Å². The zero-order chi connectivity index (χ0) is 30.1. The Morgan fingerprint density at radius 2 is 1.81 bits per heavy atom. The van der Waals surface area contributed by atoms with Crippen LogP contribution in [0, 0.1) is 5.82 Å². The largest absolute Gasteiger partial charge is 0.489 e. The van der Waals surface area contributed by atoms with Gasteiger partial charge in [-0.2, -0.15) is 18.3 Å². The van der Waals surface area contributed by atoms with Crippen molar-refractivity contribution < 1.29 is 27.1 Å². The first-order chi connectivity index (χ1) is 20.7. The number of anilines is 2. The molecule has 3 aromatic heterocycles. The zero-order valence-electron chi connectivity index (χ0n) is 22.6. The molecular formula is C29H25F4N7O3. The molecule has 2 aliphatic rings. The summed E-state index contributed by atoms with van der Waals surface area (Å²) in [6.45, 7) is 1.91. The van der Waals surface area contributed by atoms with Gasteiger partial charge in [-0.3, -0.25) is 14.6 Å². The highest BCUT2D eigenvalue weighted by Gasteiger charge is 2.42. The molecule has 1 fully saturated rings. The topological polar surface area (TPSA) is 108 Å². The van der Waals surface area contributed by atoms with Gasteiger partial charge in [0.1, 0.15) is 29.6 Å². The molecule has 0 saturated carbocycles. The van der Waals surface area contributed by atoms with Crippen molar-refractivity contribution in [3.63, 3.8) is 0 Å². The first-order valence-corrected chi connectivity index (χ1v) is 13.4. The molecule has 2 aliphatic heterocycles. The van der Waals surface area contributed by atoms with Crippen molar-refractivity contribution in [2.45, 2.75) is 18.8 Å². The predicted molar refractivity (Wildman–Crippen MR) is 147 cm³/mol. The number of hydrogen-bond acceptors (Lipinski definition) is 8. The second-order valence-corrected chi connectivity index (χ2v) is 10.1. The number of alkyl halides is 3. The zero-order valence-corrected chi connectivity index (χ0v) is 22.6. The maximum atomic E-state index is 13.9. The fourth-order valence-corrected chi connectivity index (χ4v) is 5.44. The Balaban J connectivity index is 1.17. The van der Waals surface area contributed by atoms with Crippen molar-refractivity contribution in [1.29, 1.82) is 0 Å². The van der Waals surface area contributed by atoms with E-state index in [0.29, 0.717) is 37.6 Å². The Bertz CT molecular complexity index is 1690. The summed E-state index contributed by atoms with van der Waals surface area (Å²) in [5.41, 5.74) is -1.16. The monoisotopic (exact) mass is 595 g/mol. The average molecular weight is 596 g/mol. The van der Waals surface area contributed by atoms with Gasteiger partial charge in [0, 0.05) is 38.9 Å². The normalized spacial score (nSPS) is 16.7. The highest BCUT2D eigenvalue weighted by atomic mass is 19.4. The molecule has 6 rings (SSSR count). The predicted octanol–water partition coefficient (Wildman–Crippen LogP) is 3.82. The van der Waals surface area contributed by atoms with Gasteiger partial charge < -0.3 is 19.4 Å². The number of pyridine rings is 2. The van der Waals surface area contributed by atoms with Crippen LogP contribution in [-0.2, 0) is 12.7 Å². The van der Waals surface area contributed by atoms with E-state index >= 15 is 0 Å². The summed E-state index contributed by atoms with van der Waals surface area (Å²) in [6, 6.07) is 11.0. The number of aromatic amines is 1. The lowest BCUT2D eigenvalue weighted by Gasteiger charge is -2.35. The van der Waals surface area contributed by atoms with Crippen molar-refractivity contribution in [2.75, 3.05) is 42.6 Å². The Morgan fingerprint density at radius 3 is 2.56 bits per heavy atom. The van der Waals surface area contributed by atoms with Crippen LogP contribution in [0.2, 0.25) is 0 Å². The number of H-pyrrole nitrogens is 1. The molecule has 1 amide bonds. The number of nitrogens with zero attached hydrogens (tertiary/aromatic N) is 6. The van der Waals surface area contributed by atoms with Crippen LogP contribution >= 0.6 is 0 Å². The molecule has 10 nitrogen and oxygen atoms in total. The lowest BCUT2D eigenvalue weighted by Crippen LogP contribution is -2.49. The van der Waals surface area contributed by atoms with Gasteiger partial charge in [0.05, 0.1) is 35.9 Å². The molecule has 0 aliphatic carbocycles. The van der Waals surface area contributed by atoms with E-state index in [4.69, 9.17) is 4.74 Å². The van der Waals surface area contributed by atoms with Gasteiger partial charge in [0.15, 0.2) is 0 Å². The fraction of sp³-hybridized carbons (Fsp3) is 0.276. The number of piperazine rings is 1. The van der Waals surface area contributed by atoms with E-state index in [1.165, 1.54) is 23.4 Å². The van der Waals surface area contributed by atoms with E-state index < -0.39 is 29.2 Å². The Morgan fingerprint density at radius 1 is 1.02 bits per heavy atom. The van der Waals surface area contributed by atoms with E-state index in [9.17, 15) is 27.2 Å². The van der Waals surface area contributed by atoms with E-state index in [2.05, 4.69) is 15.1 Å². The summed E-state index contributed by atoms with van der Waals surface area (Å²) in [7, 11) is 0. The number of benzene rings is 1. The lowest BCUT2D eigenvalue weighted by atomic mass is 10.1. The number of ether oxygens (including phenoxy) is 1. The summed E-state index contributed by atoms with van der Waals surface area (Å²) in [5.74, 6) is 0.230. The molecular weight excluding hydrogens is 570 g/mol. The molecule has 0 radical (unpaired) electrons. The maximum Gasteiger partial charge on any atom is 0.423 e. The first-order valence-electron chi connectivity index (χ1n) is 13.4. The van der Waals surface area contributed by atoms with Crippen LogP contribution in [0.15, 0.2) is 72.0 Å². The average Bonchev–Trinajstić information content (AvgIpc) is 3.38. The highest BCUT2D eigenvalue weighted by Crippen LogP contribution is 2.42. The van der Waals surface area contributed by atoms with Crippen LogP contribution in [-0.4, -0.2) is 63.8 Å². The smallest absolute Gasteiger partial charge is 0.423 e. The number of rotatable bonds is 6. The summed E-state index contributed by atoms with van der Waals surface area (Å²) in [6.07, 6.45) is 0.106. The number of halogens is 4. The van der Waals surface area contributed by atoms with Gasteiger partial charge in [-0.05, 0) is 29.3 Å². The minimum atomic E-state index is -4.90. The van der Waals surface area contributed by atoms with E-state index in [0.717, 1.165) is 23.5 Å². The van der Waals surface area contributed by atoms with Crippen LogP contribution in [0.25, 0.3) is 0 Å². The molecule has 1 atom stereocenters. The second-order valence-electron chi connectivity index (χ2n) is 10.1. The Labute approximate surface area is 242 Å². The van der Waals surface area contributed by atoms with E-state index in [1.807, 2.05) is 16.1 Å². The molecule has 222 valence electrons. The van der Waals surface area contributed by atoms with Crippen molar-refractivity contribution in [2.24, 2.45) is 0 Å². The molecule has 4 aromatic rings. The lowest BCUT2D eigenvalue weighted by molar-refractivity contribution is -0.138. The van der Waals surface area contributed by atoms with Gasteiger partial charge in [0.25, 0.3) is 11.5 Å². The number of fused-ring (bicyclic) bond motifs is 1. The molecule has 14 heteroatoms. The third kappa shape index (κ3) is 5.72. The van der Waals surface area contributed by atoms with Crippen LogP contribution in [0.1, 0.15) is 33.1 Å². The van der Waals surface area contributed by atoms with Gasteiger partial charge >= 0.3 is 6.18 Å². The van der Waals surface area contributed by atoms with Gasteiger partial charge in [0.2, 0.25) is 0 Å². The summed E-state index contributed by atoms with van der Waals surface area (Å²) in [4.78, 5) is 38.8. The highest BCUT2D eigenvalue weighted by molar-refractivity contribution is 5.94. The molecule has 5 heterocycles. The Hall–Kier alpha value is -5.01. The fourth-order valence-electron chi connectivity index (χ4n) is 5.44. The molecule has 43 heavy (non-hydrogen) atoms. The molecule has 1 saturated heterocycles. The number of aromatic nitrogens is 4. The third-order valence-electron chi connectivity index (χ3n) is 7.53. The summed E-state index contributed by atoms with van der Waals surface area (Å²) >= 11 is 0. The summed E-state index contributed by atoms with van der Waals surface area (Å²) < 4.78 is 60.9. The first kappa shape index (κ1) is 28.1. The van der Waals surface area contributed by atoms with Crippen LogP contribution in [0.5, 0.6) is 5.75 Å². The van der Waals surface area contributed by atoms with Crippen LogP contribution in [0.4, 0.5) is 29.1 Å². The maximum absolute atomic E-state index is 13.9. The van der Waals surface area contributed by atoms with Crippen LogP contribution in [0.3, 0.4) is 0 Å². The van der Waals surface area contributed by atoms with Gasteiger partial charge in [-0.15, -0.1) is 0 Å². The molecule has 1 N–H and O–H groups in total. The minimum absolute atomic E-state index is 0.0796. The number of carbonyl (C=O) groups excluding carboxylic acids is 1. The molecule has 0 spiro atoms. The van der Waals surface area contributed by atoms with Crippen molar-refractivity contribution in [3.05, 3.63) is 106 Å². The number of hydrogen-bond donors (Lipinski definition) is 1. The van der Waals surface area contributed by atoms with E-state index in [1.54, 1.807) is 35.2 Å². The SMILES string of the molecule is O=C(c1cncc(OCC2c3ccccc3CN2c2cn[nH]c(=O)c2C(F)(F)F)c1)N1CCN(c2ccc(F)cn2)CC1. The van der Waals surface area contributed by atoms with Crippen LogP contribution < -0.4 is 20.1 Å². The van der Waals surface area contributed by atoms with Crippen molar-refractivity contribution in [1.82, 2.24) is 25.1 Å². The molecule has 1 aromatic carbocycles. The molecule has 0 bridgehead atoms. The second kappa shape index (κ2) is 11.3. The Kier molecular flexibility index (Phi) is 7.42. The number of nitrogens with one attached hydrogen (secondary N) is 1.